The lowest BCUT2D eigenvalue weighted by Crippen LogP contribution is -2.28. The Labute approximate surface area is 324 Å². The molecule has 0 heterocycles. The molecule has 0 rings (SSSR count). The van der Waals surface area contributed by atoms with Gasteiger partial charge in [-0.15, -0.1) is 0 Å². The van der Waals surface area contributed by atoms with Gasteiger partial charge in [0.05, 0.1) is 6.61 Å². The van der Waals surface area contributed by atoms with Crippen LogP contribution in [0.1, 0.15) is 258 Å². The lowest BCUT2D eigenvalue weighted by molar-refractivity contribution is -0.161. The number of aliphatic hydroxyl groups is 1. The van der Waals surface area contributed by atoms with Crippen LogP contribution in [0.4, 0.5) is 0 Å². The first-order valence-electron chi connectivity index (χ1n) is 23.2. The van der Waals surface area contributed by atoms with Crippen LogP contribution in [0.5, 0.6) is 0 Å². The van der Waals surface area contributed by atoms with Crippen LogP contribution >= 0.6 is 0 Å². The van der Waals surface area contributed by atoms with Crippen LogP contribution in [0.15, 0.2) is 12.2 Å². The second kappa shape index (κ2) is 44.0. The van der Waals surface area contributed by atoms with Gasteiger partial charge in [0, 0.05) is 12.8 Å². The number of hydrogen-bond donors (Lipinski definition) is 1. The molecule has 0 amide bonds. The molecule has 0 saturated carbocycles. The Hall–Kier alpha value is -1.36. The maximum atomic E-state index is 12.2. The molecule has 0 fully saturated rings. The number of carbonyl (C=O) groups excluding carboxylic acids is 2. The molecule has 0 saturated heterocycles. The third kappa shape index (κ3) is 41.4. The van der Waals surface area contributed by atoms with Crippen LogP contribution in [0, 0.1) is 0 Å². The van der Waals surface area contributed by atoms with Gasteiger partial charge in [-0.1, -0.05) is 219 Å². The zero-order valence-corrected chi connectivity index (χ0v) is 35.1. The molecule has 1 N–H and O–H groups in total. The third-order valence-corrected chi connectivity index (χ3v) is 10.6. The maximum Gasteiger partial charge on any atom is 0.306 e. The van der Waals surface area contributed by atoms with Crippen LogP contribution in [-0.2, 0) is 19.1 Å². The number of aliphatic hydroxyl groups excluding tert-OH is 1. The van der Waals surface area contributed by atoms with E-state index in [0.29, 0.717) is 12.8 Å². The van der Waals surface area contributed by atoms with Gasteiger partial charge in [0.2, 0.25) is 0 Å². The fourth-order valence-electron chi connectivity index (χ4n) is 7.02. The topological polar surface area (TPSA) is 72.8 Å². The lowest BCUT2D eigenvalue weighted by atomic mass is 10.0. The van der Waals surface area contributed by atoms with Crippen LogP contribution in [0.25, 0.3) is 0 Å². The summed E-state index contributed by atoms with van der Waals surface area (Å²) in [7, 11) is 0. The number of carbonyl (C=O) groups is 2. The summed E-state index contributed by atoms with van der Waals surface area (Å²) < 4.78 is 10.7. The molecule has 0 aliphatic rings. The number of allylic oxidation sites excluding steroid dienone is 2. The highest BCUT2D eigenvalue weighted by atomic mass is 16.6. The summed E-state index contributed by atoms with van der Waals surface area (Å²) in [5.41, 5.74) is 0. The van der Waals surface area contributed by atoms with Crippen LogP contribution in [-0.4, -0.2) is 36.4 Å². The number of unbranched alkanes of at least 4 members (excludes halogenated alkanes) is 33. The quantitative estimate of drug-likeness (QED) is 0.0383. The van der Waals surface area contributed by atoms with Crippen molar-refractivity contribution in [1.82, 2.24) is 0 Å². The lowest BCUT2D eigenvalue weighted by Gasteiger charge is -2.15. The normalized spacial score (nSPS) is 12.1. The van der Waals surface area contributed by atoms with Gasteiger partial charge < -0.3 is 14.6 Å². The Morgan fingerprint density at radius 3 is 1.04 bits per heavy atom. The molecule has 5 heteroatoms. The number of rotatable bonds is 43. The Morgan fingerprint density at radius 1 is 0.423 bits per heavy atom. The van der Waals surface area contributed by atoms with E-state index in [4.69, 9.17) is 9.47 Å². The van der Waals surface area contributed by atoms with E-state index in [1.807, 2.05) is 0 Å². The van der Waals surface area contributed by atoms with Gasteiger partial charge in [-0.2, -0.15) is 0 Å². The summed E-state index contributed by atoms with van der Waals surface area (Å²) >= 11 is 0. The standard InChI is InChI=1S/C47H90O5/c1-3-5-7-9-11-13-15-17-19-21-22-23-24-26-27-29-31-33-35-37-39-41-46(49)51-44-45(43-48)52-47(50)42-40-38-36-34-32-30-28-25-20-18-16-14-12-10-8-6-4-2/h17,19,45,48H,3-16,18,20-44H2,1-2H3/t45-/m0/s1. The average molecular weight is 735 g/mol. The molecular weight excluding hydrogens is 645 g/mol. The van der Waals surface area contributed by atoms with Gasteiger partial charge in [0.25, 0.3) is 0 Å². The van der Waals surface area contributed by atoms with Gasteiger partial charge in [-0.25, -0.2) is 0 Å². The molecule has 0 aromatic rings. The summed E-state index contributed by atoms with van der Waals surface area (Å²) in [4.78, 5) is 24.4. The average Bonchev–Trinajstić information content (AvgIpc) is 3.15. The summed E-state index contributed by atoms with van der Waals surface area (Å²) in [6.45, 7) is 4.17. The molecule has 0 aliphatic heterocycles. The smallest absolute Gasteiger partial charge is 0.306 e. The van der Waals surface area contributed by atoms with Crippen molar-refractivity contribution < 1.29 is 24.2 Å². The monoisotopic (exact) mass is 735 g/mol. The fraction of sp³-hybridized carbons (Fsp3) is 0.915. The number of ether oxygens (including phenoxy) is 2. The van der Waals surface area contributed by atoms with Crippen molar-refractivity contribution >= 4 is 11.9 Å². The van der Waals surface area contributed by atoms with Crippen LogP contribution in [0.2, 0.25) is 0 Å². The zero-order valence-electron chi connectivity index (χ0n) is 35.1. The zero-order chi connectivity index (χ0) is 37.8. The molecule has 0 radical (unpaired) electrons. The first-order valence-corrected chi connectivity index (χ1v) is 23.2. The largest absolute Gasteiger partial charge is 0.462 e. The van der Waals surface area contributed by atoms with Crippen LogP contribution in [0.3, 0.4) is 0 Å². The van der Waals surface area contributed by atoms with Crippen molar-refractivity contribution in [3.63, 3.8) is 0 Å². The molecule has 0 aliphatic carbocycles. The maximum absolute atomic E-state index is 12.2. The molecule has 0 unspecified atom stereocenters. The van der Waals surface area contributed by atoms with Crippen molar-refractivity contribution in [2.75, 3.05) is 13.2 Å². The molecular formula is C47H90O5. The summed E-state index contributed by atoms with van der Waals surface area (Å²) in [6, 6.07) is 0. The van der Waals surface area contributed by atoms with Crippen molar-refractivity contribution in [3.8, 4) is 0 Å². The van der Waals surface area contributed by atoms with Crippen molar-refractivity contribution in [1.29, 1.82) is 0 Å². The highest BCUT2D eigenvalue weighted by Crippen LogP contribution is 2.16. The molecule has 308 valence electrons. The Kier molecular flexibility index (Phi) is 42.9. The minimum absolute atomic E-state index is 0.0594. The second-order valence-corrected chi connectivity index (χ2v) is 15.8. The third-order valence-electron chi connectivity index (χ3n) is 10.6. The molecule has 5 nitrogen and oxygen atoms in total. The molecule has 0 spiro atoms. The fourth-order valence-corrected chi connectivity index (χ4v) is 7.02. The Balaban J connectivity index is 3.46. The van der Waals surface area contributed by atoms with E-state index in [1.165, 1.54) is 193 Å². The van der Waals surface area contributed by atoms with Crippen molar-refractivity contribution in [2.24, 2.45) is 0 Å². The van der Waals surface area contributed by atoms with Gasteiger partial charge in [-0.05, 0) is 38.5 Å². The van der Waals surface area contributed by atoms with E-state index in [-0.39, 0.29) is 25.2 Å². The predicted octanol–water partition coefficient (Wildman–Crippen LogP) is 14.9. The summed E-state index contributed by atoms with van der Waals surface area (Å²) in [6.07, 6.45) is 51.5. The first kappa shape index (κ1) is 50.6. The van der Waals surface area contributed by atoms with E-state index in [1.54, 1.807) is 0 Å². The minimum Gasteiger partial charge on any atom is -0.462 e. The molecule has 1 atom stereocenters. The van der Waals surface area contributed by atoms with E-state index < -0.39 is 6.10 Å². The van der Waals surface area contributed by atoms with Crippen molar-refractivity contribution in [2.45, 2.75) is 264 Å². The Morgan fingerprint density at radius 2 is 0.712 bits per heavy atom. The van der Waals surface area contributed by atoms with Crippen molar-refractivity contribution in [3.05, 3.63) is 12.2 Å². The van der Waals surface area contributed by atoms with E-state index in [2.05, 4.69) is 26.0 Å². The Bertz CT molecular complexity index is 750. The molecule has 0 aromatic heterocycles. The second-order valence-electron chi connectivity index (χ2n) is 15.8. The summed E-state index contributed by atoms with van der Waals surface area (Å²) in [5, 5.41) is 9.59. The molecule has 0 aromatic carbocycles. The van der Waals surface area contributed by atoms with E-state index in [9.17, 15) is 14.7 Å². The SMILES string of the molecule is CCCCCCCCC=CCCCCCCCCCCCCCC(=O)OC[C@H](CO)OC(=O)CCCCCCCCCCCCCCCCCCC. The molecule has 0 bridgehead atoms. The van der Waals surface area contributed by atoms with Crippen LogP contribution < -0.4 is 0 Å². The highest BCUT2D eigenvalue weighted by Gasteiger charge is 2.16. The number of hydrogen-bond acceptors (Lipinski definition) is 5. The van der Waals surface area contributed by atoms with E-state index in [0.717, 1.165) is 38.5 Å². The van der Waals surface area contributed by atoms with Gasteiger partial charge in [-0.3, -0.25) is 9.59 Å². The summed E-state index contributed by atoms with van der Waals surface area (Å²) in [5.74, 6) is -0.575. The molecule has 52 heavy (non-hydrogen) atoms. The van der Waals surface area contributed by atoms with Gasteiger partial charge in [0.15, 0.2) is 6.10 Å². The number of esters is 2. The first-order chi connectivity index (χ1) is 25.6. The minimum atomic E-state index is -0.765. The highest BCUT2D eigenvalue weighted by molar-refractivity contribution is 5.70. The van der Waals surface area contributed by atoms with Gasteiger partial charge in [0.1, 0.15) is 6.61 Å². The van der Waals surface area contributed by atoms with Gasteiger partial charge >= 0.3 is 11.9 Å². The predicted molar refractivity (Wildman–Crippen MR) is 224 cm³/mol. The van der Waals surface area contributed by atoms with E-state index >= 15 is 0 Å².